The Balaban J connectivity index is 0. The second-order valence-electron chi connectivity index (χ2n) is 7.27. The Hall–Kier alpha value is 0.380. The molecule has 0 aliphatic carbocycles. The van der Waals surface area contributed by atoms with Gasteiger partial charge in [0.25, 0.3) is 0 Å². The molecule has 27 heavy (non-hydrogen) atoms. The normalized spacial score (nSPS) is 12.4. The first-order valence-electron chi connectivity index (χ1n) is 10.5. The van der Waals surface area contributed by atoms with Gasteiger partial charge in [0.1, 0.15) is 10.1 Å². The second kappa shape index (κ2) is 19.7. The Kier molecular flexibility index (Phi) is 21.6. The van der Waals surface area contributed by atoms with Crippen LogP contribution in [0.3, 0.4) is 0 Å². The van der Waals surface area contributed by atoms with Crippen molar-refractivity contribution in [3.63, 3.8) is 0 Å². The van der Waals surface area contributed by atoms with Gasteiger partial charge in [0.05, 0.1) is 0 Å². The van der Waals surface area contributed by atoms with E-state index in [9.17, 15) is 17.8 Å². The van der Waals surface area contributed by atoms with Crippen molar-refractivity contribution in [2.45, 2.75) is 122 Å². The fraction of sp³-hybridized carbons (Fsp3) is 0.950. The summed E-state index contributed by atoms with van der Waals surface area (Å²) in [5, 5.41) is 0. The number of hydrogen-bond donors (Lipinski definition) is 0. The van der Waals surface area contributed by atoms with E-state index in [0.29, 0.717) is 6.42 Å². The zero-order chi connectivity index (χ0) is 19.7. The molecule has 0 aromatic rings. The number of rotatable bonds is 18. The molecule has 0 aromatic carbocycles. The monoisotopic (exact) mass is 414 g/mol. The van der Waals surface area contributed by atoms with Gasteiger partial charge >= 0.3 is 35.5 Å². The Morgan fingerprint density at radius 1 is 0.778 bits per heavy atom. The molecule has 0 aliphatic rings. The van der Waals surface area contributed by atoms with Gasteiger partial charge in [-0.1, -0.05) is 96.8 Å². The van der Waals surface area contributed by atoms with Gasteiger partial charge in [-0.05, 0) is 12.8 Å². The maximum atomic E-state index is 11.0. The van der Waals surface area contributed by atoms with Crippen molar-refractivity contribution in [2.24, 2.45) is 0 Å². The van der Waals surface area contributed by atoms with E-state index in [0.717, 1.165) is 26.2 Å². The third-order valence-electron chi connectivity index (χ3n) is 4.66. The first-order chi connectivity index (χ1) is 12.4. The molecular weight excluding hydrogens is 375 g/mol. The van der Waals surface area contributed by atoms with Gasteiger partial charge in [-0.2, -0.15) is 0 Å². The molecule has 0 rings (SSSR count). The van der Waals surface area contributed by atoms with Crippen LogP contribution in [0, 0.1) is 0 Å². The molecule has 0 saturated carbocycles. The molecule has 0 aromatic heterocycles. The van der Waals surface area contributed by atoms with E-state index in [-0.39, 0.29) is 36.0 Å². The van der Waals surface area contributed by atoms with Crippen molar-refractivity contribution in [3.8, 4) is 0 Å². The average molecular weight is 415 g/mol. The van der Waals surface area contributed by atoms with E-state index >= 15 is 0 Å². The molecule has 156 valence electrons. The van der Waals surface area contributed by atoms with Gasteiger partial charge < -0.3 is 9.29 Å². The Bertz CT molecular complexity index is 440. The van der Waals surface area contributed by atoms with E-state index in [1.54, 1.807) is 0 Å². The molecule has 1 atom stereocenters. The molecule has 0 N–H and O–H groups in total. The van der Waals surface area contributed by atoms with Crippen LogP contribution in [0.25, 0.3) is 0 Å². The summed E-state index contributed by atoms with van der Waals surface area (Å²) < 4.78 is 37.6. The molecule has 5 nitrogen and oxygen atoms in total. The number of carbonyl (C=O) groups is 1. The Labute approximate surface area is 189 Å². The van der Waals surface area contributed by atoms with Crippen LogP contribution in [0.2, 0.25) is 0 Å². The first-order valence-corrected chi connectivity index (χ1v) is 12.0. The standard InChI is InChI=1S/C20H40O5S.Na/c1-3-4-5-6-7-8-9-10-11-12-13-14-15-16-17-18-20(25-19(2)21)26(22,23)24;/h20H,3-18H2,1-2H3,(H,22,23,24);/q;+1/p-1. The molecule has 0 heterocycles. The van der Waals surface area contributed by atoms with E-state index in [4.69, 9.17) is 0 Å². The quantitative estimate of drug-likeness (QED) is 0.149. The number of esters is 1. The van der Waals surface area contributed by atoms with E-state index in [1.807, 2.05) is 0 Å². The zero-order valence-corrected chi connectivity index (χ0v) is 20.7. The summed E-state index contributed by atoms with van der Waals surface area (Å²) in [5.41, 5.74) is -1.53. The topological polar surface area (TPSA) is 83.5 Å². The minimum absolute atomic E-state index is 0. The van der Waals surface area contributed by atoms with Crippen LogP contribution in [0.5, 0.6) is 0 Å². The first kappa shape index (κ1) is 29.6. The predicted molar refractivity (Wildman–Crippen MR) is 105 cm³/mol. The molecule has 0 fully saturated rings. The summed E-state index contributed by atoms with van der Waals surface area (Å²) >= 11 is 0. The third kappa shape index (κ3) is 20.9. The molecule has 0 saturated heterocycles. The van der Waals surface area contributed by atoms with Crippen molar-refractivity contribution in [1.29, 1.82) is 0 Å². The minimum Gasteiger partial charge on any atom is -0.745 e. The van der Waals surface area contributed by atoms with E-state index in [1.165, 1.54) is 70.6 Å². The van der Waals surface area contributed by atoms with Crippen molar-refractivity contribution in [1.82, 2.24) is 0 Å². The zero-order valence-electron chi connectivity index (χ0n) is 17.8. The fourth-order valence-corrected chi connectivity index (χ4v) is 3.84. The second-order valence-corrected chi connectivity index (χ2v) is 8.78. The average Bonchev–Trinajstić information content (AvgIpc) is 2.56. The van der Waals surface area contributed by atoms with Crippen LogP contribution in [-0.4, -0.2) is 24.4 Å². The summed E-state index contributed by atoms with van der Waals surface area (Å²) in [6.45, 7) is 3.36. The fourth-order valence-electron chi connectivity index (χ4n) is 3.13. The SMILES string of the molecule is CCCCCCCCCCCCCCCCCC(OC(C)=O)S(=O)(=O)[O-].[Na+]. The number of ether oxygens (including phenoxy) is 1. The van der Waals surface area contributed by atoms with Gasteiger partial charge in [0.15, 0.2) is 5.44 Å². The summed E-state index contributed by atoms with van der Waals surface area (Å²) in [4.78, 5) is 10.8. The number of unbranched alkanes of at least 4 members (excludes halogenated alkanes) is 14. The van der Waals surface area contributed by atoms with Gasteiger partial charge in [0, 0.05) is 6.92 Å². The van der Waals surface area contributed by atoms with Gasteiger partial charge in [-0.25, -0.2) is 8.42 Å². The van der Waals surface area contributed by atoms with Crippen LogP contribution < -0.4 is 29.6 Å². The largest absolute Gasteiger partial charge is 1.00 e. The molecule has 0 radical (unpaired) electrons. The summed E-state index contributed by atoms with van der Waals surface area (Å²) in [5.74, 6) is -0.726. The molecule has 0 bridgehead atoms. The molecular formula is C20H39NaO5S. The third-order valence-corrected chi connectivity index (χ3v) is 5.64. The minimum atomic E-state index is -4.57. The maximum Gasteiger partial charge on any atom is 1.00 e. The summed E-state index contributed by atoms with van der Waals surface area (Å²) in [7, 11) is -4.57. The van der Waals surface area contributed by atoms with E-state index in [2.05, 4.69) is 11.7 Å². The van der Waals surface area contributed by atoms with Crippen LogP contribution in [0.15, 0.2) is 0 Å². The van der Waals surface area contributed by atoms with Crippen molar-refractivity contribution < 1.29 is 52.1 Å². The number of carbonyl (C=O) groups excluding carboxylic acids is 1. The summed E-state index contributed by atoms with van der Waals surface area (Å²) in [6, 6.07) is 0. The molecule has 0 spiro atoms. The molecule has 7 heteroatoms. The van der Waals surface area contributed by atoms with Crippen LogP contribution in [0.1, 0.15) is 117 Å². The Morgan fingerprint density at radius 2 is 1.11 bits per heavy atom. The van der Waals surface area contributed by atoms with Crippen LogP contribution in [0.4, 0.5) is 0 Å². The maximum absolute atomic E-state index is 11.0. The molecule has 0 aliphatic heterocycles. The van der Waals surface area contributed by atoms with E-state index < -0.39 is 21.5 Å². The van der Waals surface area contributed by atoms with Crippen molar-refractivity contribution in [3.05, 3.63) is 0 Å². The Morgan fingerprint density at radius 3 is 1.41 bits per heavy atom. The van der Waals surface area contributed by atoms with Crippen molar-refractivity contribution >= 4 is 16.1 Å². The predicted octanol–water partition coefficient (Wildman–Crippen LogP) is 2.69. The molecule has 1 unspecified atom stereocenters. The van der Waals surface area contributed by atoms with Gasteiger partial charge in [-0.3, -0.25) is 4.79 Å². The van der Waals surface area contributed by atoms with Gasteiger partial charge in [0.2, 0.25) is 0 Å². The van der Waals surface area contributed by atoms with Gasteiger partial charge in [-0.15, -0.1) is 0 Å². The van der Waals surface area contributed by atoms with Crippen molar-refractivity contribution in [2.75, 3.05) is 0 Å². The number of hydrogen-bond acceptors (Lipinski definition) is 5. The smallest absolute Gasteiger partial charge is 0.745 e. The molecule has 0 amide bonds. The summed E-state index contributed by atoms with van der Waals surface area (Å²) in [6.07, 6.45) is 18.4. The van der Waals surface area contributed by atoms with Crippen LogP contribution >= 0.6 is 0 Å². The van der Waals surface area contributed by atoms with Crippen LogP contribution in [-0.2, 0) is 19.6 Å².